The summed E-state index contributed by atoms with van der Waals surface area (Å²) in [5.74, 6) is 0. The van der Waals surface area contributed by atoms with Gasteiger partial charge in [0.1, 0.15) is 0 Å². The molecule has 0 bridgehead atoms. The Morgan fingerprint density at radius 1 is 1.12 bits per heavy atom. The molecule has 1 aromatic rings. The molecule has 1 aromatic carbocycles. The van der Waals surface area contributed by atoms with Gasteiger partial charge in [0.15, 0.2) is 0 Å². The first-order valence-electron chi connectivity index (χ1n) is 5.95. The maximum absolute atomic E-state index is 5.91. The number of hydrogen-bond donors (Lipinski definition) is 1. The van der Waals surface area contributed by atoms with Crippen LogP contribution in [-0.4, -0.2) is 33.2 Å². The first-order chi connectivity index (χ1) is 7.66. The van der Waals surface area contributed by atoms with Crippen LogP contribution in [0.15, 0.2) is 24.3 Å². The van der Waals surface area contributed by atoms with Gasteiger partial charge in [-0.1, -0.05) is 0 Å². The van der Waals surface area contributed by atoms with E-state index in [0.717, 1.165) is 25.9 Å². The van der Waals surface area contributed by atoms with Crippen LogP contribution in [0.1, 0.15) is 12.8 Å². The summed E-state index contributed by atoms with van der Waals surface area (Å²) >= 11 is 0. The van der Waals surface area contributed by atoms with Crippen LogP contribution >= 0.6 is 0 Å². The predicted molar refractivity (Wildman–Crippen MR) is 70.2 cm³/mol. The lowest BCUT2D eigenvalue weighted by molar-refractivity contribution is 0.501. The minimum Gasteiger partial charge on any atom is -0.378 e. The van der Waals surface area contributed by atoms with Crippen molar-refractivity contribution in [3.8, 4) is 0 Å². The summed E-state index contributed by atoms with van der Waals surface area (Å²) in [7, 11) is 4.13. The third-order valence-corrected chi connectivity index (χ3v) is 3.27. The second-order valence-corrected chi connectivity index (χ2v) is 4.74. The van der Waals surface area contributed by atoms with E-state index >= 15 is 0 Å². The van der Waals surface area contributed by atoms with Crippen molar-refractivity contribution in [2.75, 3.05) is 37.0 Å². The standard InChI is InChI=1S/C13H21N3/c1-15(2)12-3-5-13(6-4-12)16-9-7-11(14)8-10-16/h3-6,11H,7-10,14H2,1-2H3. The summed E-state index contributed by atoms with van der Waals surface area (Å²) < 4.78 is 0. The van der Waals surface area contributed by atoms with E-state index in [-0.39, 0.29) is 0 Å². The van der Waals surface area contributed by atoms with Gasteiger partial charge < -0.3 is 15.5 Å². The number of piperidine rings is 1. The Labute approximate surface area is 97.8 Å². The summed E-state index contributed by atoms with van der Waals surface area (Å²) in [5.41, 5.74) is 8.47. The maximum Gasteiger partial charge on any atom is 0.0367 e. The van der Waals surface area contributed by atoms with Crippen LogP contribution < -0.4 is 15.5 Å². The van der Waals surface area contributed by atoms with Crippen LogP contribution in [0.3, 0.4) is 0 Å². The van der Waals surface area contributed by atoms with Crippen molar-refractivity contribution in [1.82, 2.24) is 0 Å². The first kappa shape index (κ1) is 11.3. The highest BCUT2D eigenvalue weighted by atomic mass is 15.1. The summed E-state index contributed by atoms with van der Waals surface area (Å²) in [6.45, 7) is 2.17. The highest BCUT2D eigenvalue weighted by Crippen LogP contribution is 2.22. The van der Waals surface area contributed by atoms with Crippen molar-refractivity contribution in [2.45, 2.75) is 18.9 Å². The van der Waals surface area contributed by atoms with E-state index in [1.54, 1.807) is 0 Å². The minimum absolute atomic E-state index is 0.400. The van der Waals surface area contributed by atoms with Gasteiger partial charge in [-0.25, -0.2) is 0 Å². The van der Waals surface area contributed by atoms with E-state index < -0.39 is 0 Å². The quantitative estimate of drug-likeness (QED) is 0.821. The summed E-state index contributed by atoms with van der Waals surface area (Å²) in [5, 5.41) is 0. The minimum atomic E-state index is 0.400. The number of nitrogens with two attached hydrogens (primary N) is 1. The van der Waals surface area contributed by atoms with E-state index in [4.69, 9.17) is 5.73 Å². The maximum atomic E-state index is 5.91. The predicted octanol–water partition coefficient (Wildman–Crippen LogP) is 1.68. The molecule has 0 amide bonds. The first-order valence-corrected chi connectivity index (χ1v) is 5.95. The zero-order chi connectivity index (χ0) is 11.5. The number of rotatable bonds is 2. The fourth-order valence-corrected chi connectivity index (χ4v) is 2.12. The van der Waals surface area contributed by atoms with Crippen LogP contribution in [-0.2, 0) is 0 Å². The van der Waals surface area contributed by atoms with Crippen molar-refractivity contribution < 1.29 is 0 Å². The summed E-state index contributed by atoms with van der Waals surface area (Å²) in [6, 6.07) is 9.14. The third kappa shape index (κ3) is 2.47. The molecule has 0 radical (unpaired) electrons. The van der Waals surface area contributed by atoms with Gasteiger partial charge in [-0.15, -0.1) is 0 Å². The van der Waals surface area contributed by atoms with Crippen LogP contribution in [0.4, 0.5) is 11.4 Å². The lowest BCUT2D eigenvalue weighted by Crippen LogP contribution is -2.39. The summed E-state index contributed by atoms with van der Waals surface area (Å²) in [6.07, 6.45) is 2.21. The van der Waals surface area contributed by atoms with E-state index in [0.29, 0.717) is 6.04 Å². The molecule has 1 heterocycles. The molecule has 0 saturated carbocycles. The average molecular weight is 219 g/mol. The SMILES string of the molecule is CN(C)c1ccc(N2CCC(N)CC2)cc1. The molecule has 0 atom stereocenters. The van der Waals surface area contributed by atoms with Crippen molar-refractivity contribution in [1.29, 1.82) is 0 Å². The molecule has 3 heteroatoms. The van der Waals surface area contributed by atoms with Gasteiger partial charge in [0, 0.05) is 44.6 Å². The molecular formula is C13H21N3. The largest absolute Gasteiger partial charge is 0.378 e. The highest BCUT2D eigenvalue weighted by Gasteiger charge is 2.15. The molecule has 1 fully saturated rings. The molecular weight excluding hydrogens is 198 g/mol. The molecule has 1 aliphatic heterocycles. The fraction of sp³-hybridized carbons (Fsp3) is 0.538. The van der Waals surface area contributed by atoms with E-state index in [1.165, 1.54) is 11.4 Å². The number of anilines is 2. The molecule has 2 N–H and O–H groups in total. The van der Waals surface area contributed by atoms with Gasteiger partial charge in [-0.05, 0) is 37.1 Å². The number of hydrogen-bond acceptors (Lipinski definition) is 3. The van der Waals surface area contributed by atoms with Gasteiger partial charge in [-0.2, -0.15) is 0 Å². The van der Waals surface area contributed by atoms with Crippen LogP contribution in [0, 0.1) is 0 Å². The molecule has 3 nitrogen and oxygen atoms in total. The second-order valence-electron chi connectivity index (χ2n) is 4.74. The molecule has 0 aromatic heterocycles. The van der Waals surface area contributed by atoms with Crippen LogP contribution in [0.25, 0.3) is 0 Å². The van der Waals surface area contributed by atoms with E-state index in [1.807, 2.05) is 0 Å². The molecule has 16 heavy (non-hydrogen) atoms. The zero-order valence-corrected chi connectivity index (χ0v) is 10.2. The van der Waals surface area contributed by atoms with Gasteiger partial charge in [0.25, 0.3) is 0 Å². The van der Waals surface area contributed by atoms with Crippen molar-refractivity contribution in [3.05, 3.63) is 24.3 Å². The molecule has 0 aliphatic carbocycles. The molecule has 1 saturated heterocycles. The monoisotopic (exact) mass is 219 g/mol. The lowest BCUT2D eigenvalue weighted by atomic mass is 10.1. The summed E-state index contributed by atoms with van der Waals surface area (Å²) in [4.78, 5) is 4.54. The van der Waals surface area contributed by atoms with Crippen LogP contribution in [0.5, 0.6) is 0 Å². The number of benzene rings is 1. The number of nitrogens with zero attached hydrogens (tertiary/aromatic N) is 2. The molecule has 0 spiro atoms. The Morgan fingerprint density at radius 2 is 1.69 bits per heavy atom. The molecule has 0 unspecified atom stereocenters. The topological polar surface area (TPSA) is 32.5 Å². The Morgan fingerprint density at radius 3 is 2.19 bits per heavy atom. The van der Waals surface area contributed by atoms with Crippen molar-refractivity contribution in [3.63, 3.8) is 0 Å². The fourth-order valence-electron chi connectivity index (χ4n) is 2.12. The Hall–Kier alpha value is -1.22. The smallest absolute Gasteiger partial charge is 0.0367 e. The third-order valence-electron chi connectivity index (χ3n) is 3.27. The van der Waals surface area contributed by atoms with Gasteiger partial charge >= 0.3 is 0 Å². The normalized spacial score (nSPS) is 17.6. The van der Waals surface area contributed by atoms with Gasteiger partial charge in [-0.3, -0.25) is 0 Å². The Bertz CT molecular complexity index is 324. The Balaban J connectivity index is 2.04. The van der Waals surface area contributed by atoms with Crippen molar-refractivity contribution >= 4 is 11.4 Å². The van der Waals surface area contributed by atoms with E-state index in [2.05, 4.69) is 48.2 Å². The molecule has 2 rings (SSSR count). The van der Waals surface area contributed by atoms with E-state index in [9.17, 15) is 0 Å². The molecule has 88 valence electrons. The lowest BCUT2D eigenvalue weighted by Gasteiger charge is -2.32. The average Bonchev–Trinajstić information content (AvgIpc) is 2.30. The zero-order valence-electron chi connectivity index (χ0n) is 10.2. The molecule has 1 aliphatic rings. The van der Waals surface area contributed by atoms with Gasteiger partial charge in [0.2, 0.25) is 0 Å². The second kappa shape index (κ2) is 4.74. The van der Waals surface area contributed by atoms with Crippen LogP contribution in [0.2, 0.25) is 0 Å². The Kier molecular flexibility index (Phi) is 3.34. The van der Waals surface area contributed by atoms with Gasteiger partial charge in [0.05, 0.1) is 0 Å². The van der Waals surface area contributed by atoms with Crippen molar-refractivity contribution in [2.24, 2.45) is 5.73 Å². The highest BCUT2D eigenvalue weighted by molar-refractivity contribution is 5.55.